The lowest BCUT2D eigenvalue weighted by atomic mass is 10.0. The zero-order valence-electron chi connectivity index (χ0n) is 15.7. The summed E-state index contributed by atoms with van der Waals surface area (Å²) in [5.41, 5.74) is 2.67. The maximum Gasteiger partial charge on any atom is 0.343 e. The Morgan fingerprint density at radius 2 is 2.10 bits per heavy atom. The largest absolute Gasteiger partial charge is 0.481 e. The lowest BCUT2D eigenvalue weighted by molar-refractivity contribution is -0.142. The van der Waals surface area contributed by atoms with Crippen molar-refractivity contribution in [3.05, 3.63) is 56.8 Å². The van der Waals surface area contributed by atoms with Crippen molar-refractivity contribution in [3.8, 4) is 17.2 Å². The van der Waals surface area contributed by atoms with Crippen molar-refractivity contribution >= 4 is 33.8 Å². The van der Waals surface area contributed by atoms with Gasteiger partial charge in [0.15, 0.2) is 19.2 Å². The van der Waals surface area contributed by atoms with Crippen LogP contribution in [0.4, 0.5) is 0 Å². The van der Waals surface area contributed by atoms with Gasteiger partial charge in [-0.3, -0.25) is 4.79 Å². The Hall–Kier alpha value is -2.84. The molecule has 0 fully saturated rings. The van der Waals surface area contributed by atoms with Crippen molar-refractivity contribution in [1.29, 1.82) is 0 Å². The highest BCUT2D eigenvalue weighted by Crippen LogP contribution is 2.40. The molecule has 2 aromatic carbocycles. The molecule has 7 nitrogen and oxygen atoms in total. The number of ether oxygens (including phenoxy) is 5. The van der Waals surface area contributed by atoms with Gasteiger partial charge < -0.3 is 23.7 Å². The molecule has 2 aliphatic heterocycles. The number of allylic oxidation sites excluding steroid dienone is 1. The minimum Gasteiger partial charge on any atom is -0.481 e. The third kappa shape index (κ3) is 3.73. The fourth-order valence-corrected chi connectivity index (χ4v) is 3.70. The first-order valence-corrected chi connectivity index (χ1v) is 9.57. The summed E-state index contributed by atoms with van der Waals surface area (Å²) in [6, 6.07) is 7.04. The van der Waals surface area contributed by atoms with Crippen LogP contribution in [0.25, 0.3) is 6.08 Å². The molecule has 0 aliphatic carbocycles. The molecule has 2 aliphatic rings. The quantitative estimate of drug-likeness (QED) is 0.506. The number of carbonyl (C=O) groups excluding carboxylic acids is 2. The predicted molar refractivity (Wildman–Crippen MR) is 106 cm³/mol. The first-order chi connectivity index (χ1) is 14.0. The highest BCUT2D eigenvalue weighted by molar-refractivity contribution is 9.10. The van der Waals surface area contributed by atoms with Gasteiger partial charge in [-0.15, -0.1) is 0 Å². The predicted octanol–water partition coefficient (Wildman–Crippen LogP) is 3.79. The Kier molecular flexibility index (Phi) is 5.29. The summed E-state index contributed by atoms with van der Waals surface area (Å²) in [6.45, 7) is 2.12. The van der Waals surface area contributed by atoms with Crippen molar-refractivity contribution in [2.75, 3.05) is 20.5 Å². The molecule has 2 aromatic rings. The molecule has 0 N–H and O–H groups in total. The summed E-state index contributed by atoms with van der Waals surface area (Å²) in [7, 11) is 1.29. The lowest BCUT2D eigenvalue weighted by Gasteiger charge is -2.20. The molecule has 0 saturated carbocycles. The van der Waals surface area contributed by atoms with Gasteiger partial charge in [-0.2, -0.15) is 0 Å². The molecule has 29 heavy (non-hydrogen) atoms. The number of carbonyl (C=O) groups is 2. The SMILES string of the molecule is COC(=O)COc1ccc2c(c1C)O/C(=C\c1cc(Br)cc3c1OCOC3)C2=O. The molecule has 0 unspecified atom stereocenters. The van der Waals surface area contributed by atoms with Crippen LogP contribution in [-0.4, -0.2) is 32.3 Å². The molecule has 150 valence electrons. The summed E-state index contributed by atoms with van der Waals surface area (Å²) in [4.78, 5) is 24.2. The summed E-state index contributed by atoms with van der Waals surface area (Å²) in [5, 5.41) is 0. The van der Waals surface area contributed by atoms with Crippen molar-refractivity contribution in [2.24, 2.45) is 0 Å². The monoisotopic (exact) mass is 460 g/mol. The van der Waals surface area contributed by atoms with Crippen molar-refractivity contribution in [2.45, 2.75) is 13.5 Å². The molecule has 0 amide bonds. The van der Waals surface area contributed by atoms with Gasteiger partial charge in [-0.25, -0.2) is 4.79 Å². The molecule has 0 spiro atoms. The highest BCUT2D eigenvalue weighted by atomic mass is 79.9. The topological polar surface area (TPSA) is 80.3 Å². The summed E-state index contributed by atoms with van der Waals surface area (Å²) >= 11 is 3.47. The van der Waals surface area contributed by atoms with Crippen LogP contribution < -0.4 is 14.2 Å². The van der Waals surface area contributed by atoms with E-state index >= 15 is 0 Å². The fraction of sp³-hybridized carbons (Fsp3) is 0.238. The van der Waals surface area contributed by atoms with Crippen molar-refractivity contribution in [1.82, 2.24) is 0 Å². The smallest absolute Gasteiger partial charge is 0.343 e. The van der Waals surface area contributed by atoms with Crippen LogP contribution in [-0.2, 0) is 20.9 Å². The Morgan fingerprint density at radius 3 is 2.90 bits per heavy atom. The highest BCUT2D eigenvalue weighted by Gasteiger charge is 2.31. The van der Waals surface area contributed by atoms with Crippen molar-refractivity contribution < 1.29 is 33.3 Å². The first-order valence-electron chi connectivity index (χ1n) is 8.78. The number of methoxy groups -OCH3 is 1. The van der Waals surface area contributed by atoms with Gasteiger partial charge >= 0.3 is 5.97 Å². The number of fused-ring (bicyclic) bond motifs is 2. The average Bonchev–Trinajstić information content (AvgIpc) is 3.03. The number of rotatable bonds is 4. The molecule has 8 heteroatoms. The third-order valence-electron chi connectivity index (χ3n) is 4.60. The maximum absolute atomic E-state index is 12.8. The van der Waals surface area contributed by atoms with E-state index in [1.165, 1.54) is 7.11 Å². The minimum absolute atomic E-state index is 0.153. The number of hydrogen-bond donors (Lipinski definition) is 0. The average molecular weight is 461 g/mol. The standard InChI is InChI=1S/C21H17BrO7/c1-11-16(27-9-18(23)25-2)4-3-15-19(24)17(29-20(11)15)7-12-5-14(22)6-13-8-26-10-28-21(12)13/h3-7H,8-10H2,1-2H3/b17-7-. The Labute approximate surface area is 175 Å². The van der Waals surface area contributed by atoms with E-state index in [1.807, 2.05) is 12.1 Å². The van der Waals surface area contributed by atoms with Gasteiger partial charge in [-0.05, 0) is 37.3 Å². The zero-order chi connectivity index (χ0) is 20.5. The van der Waals surface area contributed by atoms with Crippen LogP contribution in [0, 0.1) is 6.92 Å². The van der Waals surface area contributed by atoms with Crippen molar-refractivity contribution in [3.63, 3.8) is 0 Å². The van der Waals surface area contributed by atoms with Crippen LogP contribution in [0.3, 0.4) is 0 Å². The minimum atomic E-state index is -0.495. The number of Topliss-reactive ketones (excluding diaryl/α,β-unsaturated/α-hetero) is 1. The number of hydrogen-bond acceptors (Lipinski definition) is 7. The van der Waals surface area contributed by atoms with E-state index in [-0.39, 0.29) is 24.9 Å². The van der Waals surface area contributed by atoms with Gasteiger partial charge in [0.2, 0.25) is 5.78 Å². The molecule has 0 radical (unpaired) electrons. The lowest BCUT2D eigenvalue weighted by Crippen LogP contribution is -2.13. The fourth-order valence-electron chi connectivity index (χ4n) is 3.18. The number of benzene rings is 2. The molecule has 0 bridgehead atoms. The molecule has 2 heterocycles. The Bertz CT molecular complexity index is 1040. The van der Waals surface area contributed by atoms with Crippen LogP contribution in [0.2, 0.25) is 0 Å². The molecule has 4 rings (SSSR count). The van der Waals surface area contributed by atoms with Crippen LogP contribution in [0.5, 0.6) is 17.2 Å². The second kappa shape index (κ2) is 7.88. The Morgan fingerprint density at radius 1 is 1.28 bits per heavy atom. The number of esters is 1. The van der Waals surface area contributed by atoms with E-state index in [4.69, 9.17) is 18.9 Å². The van der Waals surface area contributed by atoms with E-state index < -0.39 is 5.97 Å². The summed E-state index contributed by atoms with van der Waals surface area (Å²) in [5.74, 6) is 0.983. The second-order valence-corrected chi connectivity index (χ2v) is 7.38. The van der Waals surface area contributed by atoms with Gasteiger partial charge in [0.05, 0.1) is 19.3 Å². The number of ketones is 1. The van der Waals surface area contributed by atoms with Gasteiger partial charge in [0.25, 0.3) is 0 Å². The van der Waals surface area contributed by atoms with E-state index in [1.54, 1.807) is 25.1 Å². The van der Waals surface area contributed by atoms with E-state index in [9.17, 15) is 9.59 Å². The first kappa shape index (κ1) is 19.5. The van der Waals surface area contributed by atoms with Crippen LogP contribution >= 0.6 is 15.9 Å². The van der Waals surface area contributed by atoms with Gasteiger partial charge in [0.1, 0.15) is 17.2 Å². The van der Waals surface area contributed by atoms with Crippen LogP contribution in [0.1, 0.15) is 27.0 Å². The third-order valence-corrected chi connectivity index (χ3v) is 5.06. The summed E-state index contributed by atoms with van der Waals surface area (Å²) < 4.78 is 27.7. The van der Waals surface area contributed by atoms with Gasteiger partial charge in [-0.1, -0.05) is 15.9 Å². The number of halogens is 1. The molecular formula is C21H17BrO7. The molecule has 0 aromatic heterocycles. The van der Waals surface area contributed by atoms with Crippen LogP contribution in [0.15, 0.2) is 34.5 Å². The molecule has 0 atom stereocenters. The summed E-state index contributed by atoms with van der Waals surface area (Å²) in [6.07, 6.45) is 1.66. The van der Waals surface area contributed by atoms with E-state index in [0.717, 1.165) is 10.0 Å². The molecule has 0 saturated heterocycles. The van der Waals surface area contributed by atoms with Gasteiger partial charge in [0, 0.05) is 21.2 Å². The van der Waals surface area contributed by atoms with E-state index in [0.29, 0.717) is 40.5 Å². The van der Waals surface area contributed by atoms with E-state index in [2.05, 4.69) is 20.7 Å². The molecular weight excluding hydrogens is 444 g/mol. The second-order valence-electron chi connectivity index (χ2n) is 6.46. The Balaban J connectivity index is 1.66. The normalized spacial score (nSPS) is 16.0. The zero-order valence-corrected chi connectivity index (χ0v) is 17.3. The maximum atomic E-state index is 12.8.